The van der Waals surface area contributed by atoms with Crippen LogP contribution in [-0.2, 0) is 14.8 Å². The Kier molecular flexibility index (Phi) is 7.50. The molecule has 0 aliphatic carbocycles. The number of methoxy groups -OCH3 is 1. The molecule has 0 aliphatic rings. The van der Waals surface area contributed by atoms with Gasteiger partial charge >= 0.3 is 6.18 Å². The Labute approximate surface area is 110 Å². The summed E-state index contributed by atoms with van der Waals surface area (Å²) in [6.07, 6.45) is -5.89. The first-order chi connectivity index (χ1) is 8.08. The fourth-order valence-corrected chi connectivity index (χ4v) is 2.88. The van der Waals surface area contributed by atoms with Crippen molar-refractivity contribution in [3.05, 3.63) is 0 Å². The van der Waals surface area contributed by atoms with Crippen LogP contribution < -0.4 is 0 Å². The van der Waals surface area contributed by atoms with Crippen LogP contribution in [-0.4, -0.2) is 57.3 Å². The SMILES string of the molecule is COCC(Cl)CN(C)S(=O)(=O)CCCC(F)(F)F. The lowest BCUT2D eigenvalue weighted by Crippen LogP contribution is -2.35. The maximum absolute atomic E-state index is 11.9. The van der Waals surface area contributed by atoms with Crippen molar-refractivity contribution in [3.8, 4) is 0 Å². The van der Waals surface area contributed by atoms with Gasteiger partial charge in [0.1, 0.15) is 0 Å². The largest absolute Gasteiger partial charge is 0.389 e. The van der Waals surface area contributed by atoms with Crippen LogP contribution in [0.5, 0.6) is 0 Å². The number of alkyl halides is 4. The van der Waals surface area contributed by atoms with E-state index in [1.165, 1.54) is 14.2 Å². The maximum Gasteiger partial charge on any atom is 0.389 e. The van der Waals surface area contributed by atoms with E-state index in [0.29, 0.717) is 0 Å². The minimum absolute atomic E-state index is 0.00372. The summed E-state index contributed by atoms with van der Waals surface area (Å²) < 4.78 is 64.6. The zero-order valence-corrected chi connectivity index (χ0v) is 11.8. The molecule has 0 heterocycles. The fraction of sp³-hybridized carbons (Fsp3) is 1.00. The van der Waals surface area contributed by atoms with Gasteiger partial charge in [-0.1, -0.05) is 0 Å². The van der Waals surface area contributed by atoms with Crippen molar-refractivity contribution < 1.29 is 26.3 Å². The molecule has 0 aliphatic heterocycles. The molecule has 9 heteroatoms. The van der Waals surface area contributed by atoms with Gasteiger partial charge in [0.05, 0.1) is 17.7 Å². The summed E-state index contributed by atoms with van der Waals surface area (Å²) in [6, 6.07) is 0. The number of ether oxygens (including phenoxy) is 1. The second kappa shape index (κ2) is 7.52. The van der Waals surface area contributed by atoms with Crippen LogP contribution in [0.4, 0.5) is 13.2 Å². The number of hydrogen-bond acceptors (Lipinski definition) is 3. The molecule has 4 nitrogen and oxygen atoms in total. The highest BCUT2D eigenvalue weighted by Gasteiger charge is 2.28. The first-order valence-electron chi connectivity index (χ1n) is 5.22. The van der Waals surface area contributed by atoms with Gasteiger partial charge in [-0.05, 0) is 6.42 Å². The van der Waals surface area contributed by atoms with Crippen molar-refractivity contribution in [3.63, 3.8) is 0 Å². The van der Waals surface area contributed by atoms with E-state index >= 15 is 0 Å². The highest BCUT2D eigenvalue weighted by Crippen LogP contribution is 2.22. The molecule has 110 valence electrons. The van der Waals surface area contributed by atoms with Crippen molar-refractivity contribution in [1.29, 1.82) is 0 Å². The van der Waals surface area contributed by atoms with E-state index in [-0.39, 0.29) is 13.2 Å². The molecule has 0 bridgehead atoms. The number of rotatable bonds is 8. The van der Waals surface area contributed by atoms with Crippen molar-refractivity contribution in [1.82, 2.24) is 4.31 Å². The van der Waals surface area contributed by atoms with E-state index in [9.17, 15) is 21.6 Å². The highest BCUT2D eigenvalue weighted by molar-refractivity contribution is 7.89. The van der Waals surface area contributed by atoms with Gasteiger partial charge in [0, 0.05) is 27.1 Å². The summed E-state index contributed by atoms with van der Waals surface area (Å²) in [5, 5.41) is -0.530. The Balaban J connectivity index is 4.20. The summed E-state index contributed by atoms with van der Waals surface area (Å²) in [5.74, 6) is -0.542. The predicted octanol–water partition coefficient (Wildman–Crippen LogP) is 1.84. The van der Waals surface area contributed by atoms with Crippen LogP contribution in [0, 0.1) is 0 Å². The third-order valence-corrected chi connectivity index (χ3v) is 4.31. The number of nitrogens with zero attached hydrogens (tertiary/aromatic N) is 1. The van der Waals surface area contributed by atoms with Gasteiger partial charge in [-0.15, -0.1) is 11.6 Å². The molecule has 0 aromatic heterocycles. The summed E-state index contributed by atoms with van der Waals surface area (Å²) in [5.41, 5.74) is 0. The lowest BCUT2D eigenvalue weighted by Gasteiger charge is -2.19. The quantitative estimate of drug-likeness (QED) is 0.643. The molecular formula is C9H17ClF3NO3S. The van der Waals surface area contributed by atoms with Gasteiger partial charge in [-0.2, -0.15) is 13.2 Å². The van der Waals surface area contributed by atoms with Crippen molar-refractivity contribution in [2.24, 2.45) is 0 Å². The minimum Gasteiger partial charge on any atom is -0.383 e. The van der Waals surface area contributed by atoms with Gasteiger partial charge in [-0.25, -0.2) is 12.7 Å². The van der Waals surface area contributed by atoms with Gasteiger partial charge in [0.2, 0.25) is 10.0 Å². The molecular weight excluding hydrogens is 295 g/mol. The average molecular weight is 312 g/mol. The molecule has 0 aromatic rings. The third-order valence-electron chi connectivity index (χ3n) is 2.14. The molecule has 0 saturated heterocycles. The summed E-state index contributed by atoms with van der Waals surface area (Å²) >= 11 is 5.78. The van der Waals surface area contributed by atoms with E-state index in [1.54, 1.807) is 0 Å². The Hall–Kier alpha value is -0.0500. The maximum atomic E-state index is 11.9. The summed E-state index contributed by atoms with van der Waals surface area (Å²) in [6.45, 7) is 0.174. The fourth-order valence-electron chi connectivity index (χ4n) is 1.24. The molecule has 0 aromatic carbocycles. The van der Waals surface area contributed by atoms with E-state index in [1.807, 2.05) is 0 Å². The second-order valence-corrected chi connectivity index (χ2v) is 6.68. The normalized spacial score (nSPS) is 15.1. The molecule has 0 radical (unpaired) electrons. The number of hydrogen-bond donors (Lipinski definition) is 0. The first kappa shape index (κ1) is 17.9. The molecule has 0 amide bonds. The lowest BCUT2D eigenvalue weighted by atomic mass is 10.3. The van der Waals surface area contributed by atoms with E-state index in [0.717, 1.165) is 4.31 Å². The van der Waals surface area contributed by atoms with E-state index in [4.69, 9.17) is 16.3 Å². The zero-order valence-electron chi connectivity index (χ0n) is 10.2. The molecule has 1 atom stereocenters. The van der Waals surface area contributed by atoms with Crippen molar-refractivity contribution in [2.45, 2.75) is 24.4 Å². The van der Waals surface area contributed by atoms with Gasteiger partial charge in [-0.3, -0.25) is 0 Å². The summed E-state index contributed by atoms with van der Waals surface area (Å²) in [7, 11) is -0.993. The molecule has 18 heavy (non-hydrogen) atoms. The lowest BCUT2D eigenvalue weighted by molar-refractivity contribution is -0.134. The van der Waals surface area contributed by atoms with Crippen LogP contribution in [0.1, 0.15) is 12.8 Å². The van der Waals surface area contributed by atoms with Crippen LogP contribution in [0.3, 0.4) is 0 Å². The topological polar surface area (TPSA) is 46.6 Å². The second-order valence-electron chi connectivity index (χ2n) is 3.87. The summed E-state index contributed by atoms with van der Waals surface area (Å²) in [4.78, 5) is 0. The standard InChI is InChI=1S/C9H17ClF3NO3S/c1-14(6-8(10)7-17-2)18(15,16)5-3-4-9(11,12)13/h8H,3-7H2,1-2H3. The Bertz CT molecular complexity index is 334. The van der Waals surface area contributed by atoms with Crippen molar-refractivity contribution in [2.75, 3.05) is 33.1 Å². The molecule has 0 fully saturated rings. The first-order valence-corrected chi connectivity index (χ1v) is 7.27. The number of halogens is 4. The van der Waals surface area contributed by atoms with Gasteiger partial charge in [0.15, 0.2) is 0 Å². The zero-order chi connectivity index (χ0) is 14.4. The van der Waals surface area contributed by atoms with Crippen LogP contribution in [0.15, 0.2) is 0 Å². The van der Waals surface area contributed by atoms with E-state index in [2.05, 4.69) is 0 Å². The van der Waals surface area contributed by atoms with Crippen LogP contribution in [0.25, 0.3) is 0 Å². The van der Waals surface area contributed by atoms with Gasteiger partial charge < -0.3 is 4.74 Å². The molecule has 0 saturated carbocycles. The van der Waals surface area contributed by atoms with Crippen LogP contribution >= 0.6 is 11.6 Å². The van der Waals surface area contributed by atoms with Crippen LogP contribution in [0.2, 0.25) is 0 Å². The highest BCUT2D eigenvalue weighted by atomic mass is 35.5. The monoisotopic (exact) mass is 311 g/mol. The van der Waals surface area contributed by atoms with E-state index < -0.39 is 40.2 Å². The molecule has 1 unspecified atom stereocenters. The minimum atomic E-state index is -4.33. The Morgan fingerprint density at radius 3 is 2.39 bits per heavy atom. The predicted molar refractivity (Wildman–Crippen MR) is 63.2 cm³/mol. The molecule has 0 spiro atoms. The molecule has 0 N–H and O–H groups in total. The smallest absolute Gasteiger partial charge is 0.383 e. The van der Waals surface area contributed by atoms with Gasteiger partial charge in [0.25, 0.3) is 0 Å². The average Bonchev–Trinajstić information content (AvgIpc) is 2.15. The van der Waals surface area contributed by atoms with Crippen molar-refractivity contribution >= 4 is 21.6 Å². The Morgan fingerprint density at radius 1 is 1.39 bits per heavy atom. The third kappa shape index (κ3) is 8.12. The Morgan fingerprint density at radius 2 is 1.94 bits per heavy atom. The number of sulfonamides is 1. The molecule has 0 rings (SSSR count).